The lowest BCUT2D eigenvalue weighted by molar-refractivity contribution is 0.397. The van der Waals surface area contributed by atoms with Crippen molar-refractivity contribution in [3.8, 4) is 5.88 Å². The van der Waals surface area contributed by atoms with Crippen molar-refractivity contribution in [3.05, 3.63) is 59.8 Å². The molecule has 2 aromatic rings. The third kappa shape index (κ3) is 5.33. The Morgan fingerprint density at radius 3 is 2.85 bits per heavy atom. The van der Waals surface area contributed by atoms with Crippen LogP contribution in [0.2, 0.25) is 0 Å². The van der Waals surface area contributed by atoms with E-state index < -0.39 is 0 Å². The van der Waals surface area contributed by atoms with Gasteiger partial charge in [0.05, 0.1) is 13.7 Å². The summed E-state index contributed by atoms with van der Waals surface area (Å²) in [6, 6.07) is 14.7. The highest BCUT2D eigenvalue weighted by Crippen LogP contribution is 2.27. The summed E-state index contributed by atoms with van der Waals surface area (Å²) in [4.78, 5) is 11.3. The topological polar surface area (TPSA) is 49.8 Å². The Bertz CT molecular complexity index is 708. The van der Waals surface area contributed by atoms with Crippen LogP contribution in [0.25, 0.3) is 0 Å². The van der Waals surface area contributed by atoms with E-state index in [0.717, 1.165) is 37.6 Å². The fourth-order valence-corrected chi connectivity index (χ4v) is 3.20. The van der Waals surface area contributed by atoms with E-state index in [1.165, 1.54) is 5.56 Å². The van der Waals surface area contributed by atoms with E-state index in [4.69, 9.17) is 9.73 Å². The van der Waals surface area contributed by atoms with Gasteiger partial charge in [0, 0.05) is 37.8 Å². The number of rotatable bonds is 5. The molecule has 2 heterocycles. The predicted molar refractivity (Wildman–Crippen MR) is 116 cm³/mol. The molecule has 0 aliphatic carbocycles. The van der Waals surface area contributed by atoms with Gasteiger partial charge in [0.25, 0.3) is 0 Å². The molecule has 1 aromatic carbocycles. The van der Waals surface area contributed by atoms with Crippen molar-refractivity contribution in [2.45, 2.75) is 25.8 Å². The monoisotopic (exact) mass is 466 g/mol. The zero-order chi connectivity index (χ0) is 17.5. The summed E-state index contributed by atoms with van der Waals surface area (Å²) in [7, 11) is 1.63. The first-order valence-electron chi connectivity index (χ1n) is 8.87. The molecule has 140 valence electrons. The standard InChI is InChI=1S/C20H26N4O.HI/c1-3-21-20(23-14-16-9-11-22-19(13-16)25-2)24-12-10-18(15-24)17-7-5-4-6-8-17;/h4-9,11,13,18H,3,10,12,14-15H2,1-2H3,(H,21,23);1H. The molecule has 1 saturated heterocycles. The van der Waals surface area contributed by atoms with E-state index in [9.17, 15) is 0 Å². The summed E-state index contributed by atoms with van der Waals surface area (Å²) < 4.78 is 5.19. The van der Waals surface area contributed by atoms with Crippen LogP contribution in [0.1, 0.15) is 30.4 Å². The molecule has 1 aromatic heterocycles. The number of aromatic nitrogens is 1. The Labute approximate surface area is 172 Å². The van der Waals surface area contributed by atoms with E-state index in [1.807, 2.05) is 12.1 Å². The van der Waals surface area contributed by atoms with Crippen molar-refractivity contribution in [1.82, 2.24) is 15.2 Å². The fraction of sp³-hybridized carbons (Fsp3) is 0.400. The number of hydrogen-bond donors (Lipinski definition) is 1. The number of ether oxygens (including phenoxy) is 1. The summed E-state index contributed by atoms with van der Waals surface area (Å²) in [6.45, 7) is 5.63. The van der Waals surface area contributed by atoms with Crippen LogP contribution in [0, 0.1) is 0 Å². The number of benzene rings is 1. The van der Waals surface area contributed by atoms with Gasteiger partial charge in [-0.25, -0.2) is 9.98 Å². The molecule has 1 N–H and O–H groups in total. The second kappa shape index (κ2) is 10.4. The molecule has 0 amide bonds. The second-order valence-corrected chi connectivity index (χ2v) is 6.22. The Morgan fingerprint density at radius 2 is 2.12 bits per heavy atom. The van der Waals surface area contributed by atoms with Gasteiger partial charge >= 0.3 is 0 Å². The second-order valence-electron chi connectivity index (χ2n) is 6.22. The van der Waals surface area contributed by atoms with Crippen molar-refractivity contribution < 1.29 is 4.74 Å². The largest absolute Gasteiger partial charge is 0.481 e. The first-order chi connectivity index (χ1) is 12.3. The van der Waals surface area contributed by atoms with Gasteiger partial charge in [0.2, 0.25) is 5.88 Å². The molecule has 1 unspecified atom stereocenters. The van der Waals surface area contributed by atoms with Crippen LogP contribution < -0.4 is 10.1 Å². The van der Waals surface area contributed by atoms with Gasteiger partial charge in [-0.2, -0.15) is 0 Å². The zero-order valence-corrected chi connectivity index (χ0v) is 17.7. The first kappa shape index (κ1) is 20.5. The fourth-order valence-electron chi connectivity index (χ4n) is 3.20. The summed E-state index contributed by atoms with van der Waals surface area (Å²) in [5, 5.41) is 3.42. The molecule has 3 rings (SSSR count). The predicted octanol–water partition coefficient (Wildman–Crippen LogP) is 3.66. The lowest BCUT2D eigenvalue weighted by Gasteiger charge is -2.21. The number of nitrogens with one attached hydrogen (secondary N) is 1. The number of likely N-dealkylation sites (tertiary alicyclic amines) is 1. The maximum atomic E-state index is 5.19. The third-order valence-corrected chi connectivity index (χ3v) is 4.51. The molecule has 26 heavy (non-hydrogen) atoms. The van der Waals surface area contributed by atoms with Crippen molar-refractivity contribution >= 4 is 29.9 Å². The lowest BCUT2D eigenvalue weighted by atomic mass is 9.99. The Morgan fingerprint density at radius 1 is 1.31 bits per heavy atom. The minimum Gasteiger partial charge on any atom is -0.481 e. The van der Waals surface area contributed by atoms with Crippen LogP contribution in [-0.4, -0.2) is 42.6 Å². The SMILES string of the molecule is CCNC(=NCc1ccnc(OC)c1)N1CCC(c2ccccc2)C1.I. The van der Waals surface area contributed by atoms with Crippen LogP contribution in [0.15, 0.2) is 53.7 Å². The third-order valence-electron chi connectivity index (χ3n) is 4.51. The van der Waals surface area contributed by atoms with E-state index in [2.05, 4.69) is 52.5 Å². The van der Waals surface area contributed by atoms with Crippen LogP contribution in [0.5, 0.6) is 5.88 Å². The Kier molecular flexibility index (Phi) is 8.15. The molecular weight excluding hydrogens is 439 g/mol. The number of guanidine groups is 1. The average Bonchev–Trinajstić information content (AvgIpc) is 3.16. The quantitative estimate of drug-likeness (QED) is 0.415. The van der Waals surface area contributed by atoms with E-state index in [0.29, 0.717) is 18.3 Å². The Balaban J connectivity index is 0.00000243. The van der Waals surface area contributed by atoms with E-state index in [-0.39, 0.29) is 24.0 Å². The Hall–Kier alpha value is -1.83. The molecule has 1 aliphatic heterocycles. The highest BCUT2D eigenvalue weighted by molar-refractivity contribution is 14.0. The highest BCUT2D eigenvalue weighted by atomic mass is 127. The molecule has 0 radical (unpaired) electrons. The van der Waals surface area contributed by atoms with Crippen LogP contribution in [-0.2, 0) is 6.54 Å². The lowest BCUT2D eigenvalue weighted by Crippen LogP contribution is -2.40. The van der Waals surface area contributed by atoms with Crippen molar-refractivity contribution in [1.29, 1.82) is 0 Å². The van der Waals surface area contributed by atoms with E-state index in [1.54, 1.807) is 13.3 Å². The van der Waals surface area contributed by atoms with Crippen LogP contribution in [0.3, 0.4) is 0 Å². The summed E-state index contributed by atoms with van der Waals surface area (Å²) >= 11 is 0. The smallest absolute Gasteiger partial charge is 0.213 e. The number of halogens is 1. The normalized spacial score (nSPS) is 16.9. The van der Waals surface area contributed by atoms with Crippen molar-refractivity contribution in [3.63, 3.8) is 0 Å². The first-order valence-corrected chi connectivity index (χ1v) is 8.87. The molecule has 0 spiro atoms. The molecule has 1 aliphatic rings. The maximum absolute atomic E-state index is 5.19. The number of hydrogen-bond acceptors (Lipinski definition) is 3. The zero-order valence-electron chi connectivity index (χ0n) is 15.4. The van der Waals surface area contributed by atoms with Gasteiger partial charge in [0.1, 0.15) is 0 Å². The van der Waals surface area contributed by atoms with Crippen molar-refractivity contribution in [2.75, 3.05) is 26.7 Å². The summed E-state index contributed by atoms with van der Waals surface area (Å²) in [5.41, 5.74) is 2.51. The summed E-state index contributed by atoms with van der Waals surface area (Å²) in [6.07, 6.45) is 2.93. The maximum Gasteiger partial charge on any atom is 0.213 e. The number of nitrogens with zero attached hydrogens (tertiary/aromatic N) is 3. The minimum absolute atomic E-state index is 0. The van der Waals surface area contributed by atoms with Crippen LogP contribution in [0.4, 0.5) is 0 Å². The van der Waals surface area contributed by atoms with Gasteiger partial charge < -0.3 is 15.0 Å². The number of methoxy groups -OCH3 is 1. The number of pyridine rings is 1. The van der Waals surface area contributed by atoms with Crippen molar-refractivity contribution in [2.24, 2.45) is 4.99 Å². The molecule has 5 nitrogen and oxygen atoms in total. The summed E-state index contributed by atoms with van der Waals surface area (Å²) in [5.74, 6) is 2.19. The molecule has 1 atom stereocenters. The molecule has 6 heteroatoms. The van der Waals surface area contributed by atoms with Gasteiger partial charge in [-0.3, -0.25) is 0 Å². The highest BCUT2D eigenvalue weighted by Gasteiger charge is 2.25. The molecular formula is C20H27IN4O. The van der Waals surface area contributed by atoms with Gasteiger partial charge in [-0.15, -0.1) is 24.0 Å². The van der Waals surface area contributed by atoms with E-state index >= 15 is 0 Å². The molecule has 0 bridgehead atoms. The van der Waals surface area contributed by atoms with Gasteiger partial charge in [-0.1, -0.05) is 30.3 Å². The van der Waals surface area contributed by atoms with Gasteiger partial charge in [0.15, 0.2) is 5.96 Å². The number of aliphatic imine (C=N–C) groups is 1. The molecule has 0 saturated carbocycles. The minimum atomic E-state index is 0. The average molecular weight is 466 g/mol. The molecule has 1 fully saturated rings. The van der Waals surface area contributed by atoms with Crippen LogP contribution >= 0.6 is 24.0 Å². The van der Waals surface area contributed by atoms with Gasteiger partial charge in [-0.05, 0) is 30.5 Å².